The zero-order valence-corrected chi connectivity index (χ0v) is 21.1. The van der Waals surface area contributed by atoms with Gasteiger partial charge in [0.05, 0.1) is 10.6 Å². The second-order valence-corrected chi connectivity index (χ2v) is 10.5. The van der Waals surface area contributed by atoms with Crippen molar-refractivity contribution >= 4 is 36.7 Å². The average molecular weight is 452 g/mol. The predicted octanol–water partition coefficient (Wildman–Crippen LogP) is -0.488. The number of fused-ring (bicyclic) bond motifs is 3. The molecular weight excluding hydrogens is 429 g/mol. The van der Waals surface area contributed by atoms with Crippen LogP contribution in [0.15, 0.2) is 35.2 Å². The van der Waals surface area contributed by atoms with Crippen LogP contribution >= 0.6 is 0 Å². The quantitative estimate of drug-likeness (QED) is 0.482. The maximum absolute atomic E-state index is 11.3. The van der Waals surface area contributed by atoms with Gasteiger partial charge in [0.15, 0.2) is 0 Å². The summed E-state index contributed by atoms with van der Waals surface area (Å²) in [6, 6.07) is 8.09. The molecule has 3 rings (SSSR count). The van der Waals surface area contributed by atoms with E-state index < -0.39 is 20.2 Å². The van der Waals surface area contributed by atoms with Crippen LogP contribution in [-0.2, 0) is 25.7 Å². The van der Waals surface area contributed by atoms with Gasteiger partial charge in [-0.2, -0.15) is 8.42 Å². The fraction of sp³-hybridized carbons (Fsp3) is 0.444. The van der Waals surface area contributed by atoms with Crippen LogP contribution in [0.4, 0.5) is 5.69 Å². The van der Waals surface area contributed by atoms with Crippen molar-refractivity contribution in [2.45, 2.75) is 43.5 Å². The van der Waals surface area contributed by atoms with Crippen molar-refractivity contribution in [1.82, 2.24) is 0 Å². The van der Waals surface area contributed by atoms with Crippen LogP contribution in [0, 0.1) is 0 Å². The molecule has 7 nitrogen and oxygen atoms in total. The Morgan fingerprint density at radius 1 is 1.14 bits per heavy atom. The van der Waals surface area contributed by atoms with Crippen molar-refractivity contribution in [3.8, 4) is 0 Å². The molecule has 1 unspecified atom stereocenters. The summed E-state index contributed by atoms with van der Waals surface area (Å²) < 4.78 is 64.9. The molecule has 0 aliphatic carbocycles. The van der Waals surface area contributed by atoms with Gasteiger partial charge in [0.1, 0.15) is 10.1 Å². The SMILES string of the molecule is CC1N(CCCS(=O)(=O)O)c2ccc3cc(S(=O)(=O)[O-])ccc3c2C1(C)C.[K+]. The van der Waals surface area contributed by atoms with Crippen LogP contribution in [0.5, 0.6) is 0 Å². The Kier molecular flexibility index (Phi) is 7.13. The summed E-state index contributed by atoms with van der Waals surface area (Å²) in [4.78, 5) is 1.85. The topological polar surface area (TPSA) is 115 Å². The molecule has 10 heteroatoms. The summed E-state index contributed by atoms with van der Waals surface area (Å²) in [5, 5.41) is 1.54. The molecule has 1 N–H and O–H groups in total. The average Bonchev–Trinajstić information content (AvgIpc) is 2.73. The molecule has 2 aromatic rings. The molecule has 2 aromatic carbocycles. The minimum Gasteiger partial charge on any atom is -0.744 e. The van der Waals surface area contributed by atoms with E-state index in [0.717, 1.165) is 16.6 Å². The van der Waals surface area contributed by atoms with Crippen LogP contribution in [0.3, 0.4) is 0 Å². The Bertz CT molecular complexity index is 1110. The molecule has 0 saturated heterocycles. The number of rotatable bonds is 5. The van der Waals surface area contributed by atoms with E-state index in [0.29, 0.717) is 18.4 Å². The van der Waals surface area contributed by atoms with Crippen LogP contribution in [0.1, 0.15) is 32.8 Å². The van der Waals surface area contributed by atoms with Gasteiger partial charge in [0, 0.05) is 23.7 Å². The largest absolute Gasteiger partial charge is 1.00 e. The molecule has 1 heterocycles. The van der Waals surface area contributed by atoms with E-state index in [-0.39, 0.29) is 73.5 Å². The summed E-state index contributed by atoms with van der Waals surface area (Å²) in [6.45, 7) is 6.68. The van der Waals surface area contributed by atoms with Crippen LogP contribution in [0.2, 0.25) is 0 Å². The molecule has 0 saturated carbocycles. The first-order valence-corrected chi connectivity index (χ1v) is 11.6. The molecular formula is C18H22KNO6S2. The van der Waals surface area contributed by atoms with E-state index in [2.05, 4.69) is 25.7 Å². The van der Waals surface area contributed by atoms with Crippen molar-refractivity contribution in [2.24, 2.45) is 0 Å². The molecule has 1 atom stereocenters. The maximum Gasteiger partial charge on any atom is 1.00 e. The number of hydrogen-bond acceptors (Lipinski definition) is 6. The van der Waals surface area contributed by atoms with E-state index in [9.17, 15) is 21.4 Å². The first kappa shape index (κ1) is 24.2. The number of benzene rings is 2. The Hall–Kier alpha value is -0.0436. The number of nitrogens with zero attached hydrogens (tertiary/aromatic N) is 1. The summed E-state index contributed by atoms with van der Waals surface area (Å²) in [6.07, 6.45) is 0.296. The normalized spacial score (nSPS) is 18.8. The predicted molar refractivity (Wildman–Crippen MR) is 103 cm³/mol. The van der Waals surface area contributed by atoms with E-state index in [4.69, 9.17) is 4.55 Å². The van der Waals surface area contributed by atoms with Crippen LogP contribution in [0.25, 0.3) is 10.8 Å². The van der Waals surface area contributed by atoms with Gasteiger partial charge in [-0.3, -0.25) is 4.55 Å². The van der Waals surface area contributed by atoms with Gasteiger partial charge in [0.25, 0.3) is 10.1 Å². The van der Waals surface area contributed by atoms with Crippen LogP contribution in [-0.4, -0.2) is 44.3 Å². The minimum atomic E-state index is -4.53. The van der Waals surface area contributed by atoms with Gasteiger partial charge in [-0.05, 0) is 47.9 Å². The van der Waals surface area contributed by atoms with Gasteiger partial charge < -0.3 is 9.45 Å². The molecule has 0 amide bonds. The molecule has 148 valence electrons. The summed E-state index contributed by atoms with van der Waals surface area (Å²) in [5.41, 5.74) is 1.72. The second kappa shape index (κ2) is 8.24. The van der Waals surface area contributed by atoms with Crippen molar-refractivity contribution < 1.29 is 77.3 Å². The van der Waals surface area contributed by atoms with Gasteiger partial charge in [-0.25, -0.2) is 8.42 Å². The molecule has 0 bridgehead atoms. The second-order valence-electron chi connectivity index (χ2n) is 7.53. The summed E-state index contributed by atoms with van der Waals surface area (Å²) >= 11 is 0. The summed E-state index contributed by atoms with van der Waals surface area (Å²) in [7, 11) is -8.53. The van der Waals surface area contributed by atoms with Crippen molar-refractivity contribution in [3.05, 3.63) is 35.9 Å². The zero-order valence-electron chi connectivity index (χ0n) is 16.3. The van der Waals surface area contributed by atoms with E-state index in [1.165, 1.54) is 12.1 Å². The Morgan fingerprint density at radius 3 is 2.36 bits per heavy atom. The Morgan fingerprint density at radius 2 is 1.79 bits per heavy atom. The zero-order chi connectivity index (χ0) is 20.2. The molecule has 0 radical (unpaired) electrons. The Balaban J connectivity index is 0.00000280. The summed E-state index contributed by atoms with van der Waals surface area (Å²) in [5.74, 6) is -0.301. The molecule has 28 heavy (non-hydrogen) atoms. The monoisotopic (exact) mass is 451 g/mol. The van der Waals surface area contributed by atoms with Crippen molar-refractivity contribution in [3.63, 3.8) is 0 Å². The van der Waals surface area contributed by atoms with Crippen molar-refractivity contribution in [2.75, 3.05) is 17.2 Å². The fourth-order valence-corrected chi connectivity index (χ4v) is 4.91. The van der Waals surface area contributed by atoms with E-state index >= 15 is 0 Å². The standard InChI is InChI=1S/C18H23NO6S2.K/c1-12-18(2,3)17-15-7-6-14(27(23,24)25)11-13(15)5-8-16(17)19(12)9-4-10-26(20,21)22;/h5-8,11-12H,4,9-10H2,1-3H3,(H,20,21,22)(H,23,24,25);/q;+1/p-1. The third kappa shape index (κ3) is 4.65. The Labute approximate surface area is 208 Å². The minimum absolute atomic E-state index is 0. The maximum atomic E-state index is 11.3. The van der Waals surface area contributed by atoms with Crippen LogP contribution < -0.4 is 56.3 Å². The van der Waals surface area contributed by atoms with Gasteiger partial charge in [-0.15, -0.1) is 0 Å². The molecule has 0 fully saturated rings. The molecule has 0 spiro atoms. The number of anilines is 1. The van der Waals surface area contributed by atoms with Gasteiger partial charge in [-0.1, -0.05) is 26.0 Å². The third-order valence-corrected chi connectivity index (χ3v) is 7.16. The van der Waals surface area contributed by atoms with E-state index in [1.54, 1.807) is 12.1 Å². The molecule has 1 aliphatic heterocycles. The van der Waals surface area contributed by atoms with Gasteiger partial charge >= 0.3 is 51.4 Å². The van der Waals surface area contributed by atoms with Gasteiger partial charge in [0.2, 0.25) is 0 Å². The first-order valence-electron chi connectivity index (χ1n) is 8.57. The van der Waals surface area contributed by atoms with Crippen molar-refractivity contribution in [1.29, 1.82) is 0 Å². The van der Waals surface area contributed by atoms with E-state index in [1.807, 2.05) is 6.07 Å². The first-order chi connectivity index (χ1) is 12.3. The molecule has 0 aromatic heterocycles. The number of hydrogen-bond donors (Lipinski definition) is 1. The third-order valence-electron chi connectivity index (χ3n) is 5.52. The fourth-order valence-electron chi connectivity index (χ4n) is 3.91. The molecule has 1 aliphatic rings. The smallest absolute Gasteiger partial charge is 0.744 e.